The number of rotatable bonds is 18. The van der Waals surface area contributed by atoms with E-state index in [4.69, 9.17) is 14.6 Å². The first-order valence-corrected chi connectivity index (χ1v) is 23.9. The number of nitrogens with two attached hydrogens (primary N) is 1. The molecule has 0 aliphatic heterocycles. The Morgan fingerprint density at radius 2 is 0.830 bits per heavy atom. The average Bonchev–Trinajstić information content (AvgIpc) is 3.17. The summed E-state index contributed by atoms with van der Waals surface area (Å²) in [5.41, 5.74) is 6.79. The van der Waals surface area contributed by atoms with Crippen molar-refractivity contribution in [2.24, 2.45) is 5.73 Å². The number of hydrogen-bond acceptors (Lipinski definition) is 5. The van der Waals surface area contributed by atoms with Crippen molar-refractivity contribution in [3.8, 4) is 0 Å². The molecule has 0 bridgehead atoms. The number of thioether (sulfide) groups is 1. The molecule has 0 aliphatic rings. The Labute approximate surface area is 326 Å². The molecule has 280 valence electrons. The number of hydrogen-bond donors (Lipinski definition) is 1. The van der Waals surface area contributed by atoms with E-state index in [1.807, 2.05) is 11.8 Å². The van der Waals surface area contributed by atoms with Crippen LogP contribution >= 0.6 is 11.8 Å². The molecule has 0 heterocycles. The predicted molar refractivity (Wildman–Crippen MR) is 233 cm³/mol. The minimum absolute atomic E-state index is 0.0794. The van der Waals surface area contributed by atoms with E-state index in [0.717, 1.165) is 31.8 Å². The summed E-state index contributed by atoms with van der Waals surface area (Å²) in [5, 5.41) is 5.06. The van der Waals surface area contributed by atoms with E-state index in [0.29, 0.717) is 13.2 Å². The van der Waals surface area contributed by atoms with Gasteiger partial charge in [-0.3, -0.25) is 4.90 Å². The Balaban J connectivity index is 1.39. The van der Waals surface area contributed by atoms with Gasteiger partial charge in [-0.05, 0) is 55.9 Å². The lowest BCUT2D eigenvalue weighted by Crippen LogP contribution is -2.67. The van der Waals surface area contributed by atoms with Crippen LogP contribution < -0.4 is 26.5 Å². The average molecular weight is 761 g/mol. The van der Waals surface area contributed by atoms with Crippen LogP contribution in [0, 0.1) is 0 Å². The maximum absolute atomic E-state index is 7.38. The zero-order valence-corrected chi connectivity index (χ0v) is 35.5. The quantitative estimate of drug-likeness (QED) is 0.0727. The minimum Gasteiger partial charge on any atom is -0.406 e. The zero-order valence-electron chi connectivity index (χ0n) is 32.7. The van der Waals surface area contributed by atoms with Gasteiger partial charge < -0.3 is 14.6 Å². The smallest absolute Gasteiger partial charge is 0.261 e. The molecular formula is C46H60N2O2SSi2. The summed E-state index contributed by atoms with van der Waals surface area (Å²) in [6.07, 6.45) is 0.901. The molecule has 0 amide bonds. The molecule has 0 aliphatic carbocycles. The molecule has 2 N–H and O–H groups in total. The lowest BCUT2D eigenvalue weighted by atomic mass is 10.2. The molecule has 5 aromatic carbocycles. The van der Waals surface area contributed by atoms with E-state index in [1.165, 1.54) is 25.6 Å². The van der Waals surface area contributed by atoms with Crippen molar-refractivity contribution in [1.82, 2.24) is 4.90 Å². The van der Waals surface area contributed by atoms with Gasteiger partial charge in [-0.2, -0.15) is 0 Å². The van der Waals surface area contributed by atoms with E-state index in [2.05, 4.69) is 198 Å². The van der Waals surface area contributed by atoms with Crippen LogP contribution in [0.25, 0.3) is 0 Å². The van der Waals surface area contributed by atoms with Crippen LogP contribution in [0.15, 0.2) is 157 Å². The third kappa shape index (κ3) is 10.1. The van der Waals surface area contributed by atoms with Gasteiger partial charge in [0.15, 0.2) is 0 Å². The van der Waals surface area contributed by atoms with Crippen LogP contribution in [-0.2, 0) is 8.85 Å². The molecule has 0 saturated heterocycles. The second kappa shape index (κ2) is 18.9. The van der Waals surface area contributed by atoms with Gasteiger partial charge in [0.05, 0.1) is 0 Å². The fourth-order valence-corrected chi connectivity index (χ4v) is 17.7. The van der Waals surface area contributed by atoms with Crippen molar-refractivity contribution in [2.45, 2.75) is 69.0 Å². The van der Waals surface area contributed by atoms with E-state index in [1.54, 1.807) is 0 Å². The Kier molecular flexibility index (Phi) is 14.5. The highest BCUT2D eigenvalue weighted by Crippen LogP contribution is 2.38. The molecule has 4 nitrogen and oxygen atoms in total. The molecule has 0 radical (unpaired) electrons. The summed E-state index contributed by atoms with van der Waals surface area (Å²) in [4.78, 5) is 3.79. The largest absolute Gasteiger partial charge is 0.406 e. The van der Waals surface area contributed by atoms with Gasteiger partial charge in [0.25, 0.3) is 16.6 Å². The topological polar surface area (TPSA) is 47.7 Å². The van der Waals surface area contributed by atoms with Crippen LogP contribution in [-0.4, -0.2) is 66.2 Å². The third-order valence-electron chi connectivity index (χ3n) is 10.3. The third-order valence-corrected chi connectivity index (χ3v) is 21.6. The second-order valence-corrected chi connectivity index (χ2v) is 25.7. The van der Waals surface area contributed by atoms with Crippen LogP contribution in [0.4, 0.5) is 0 Å². The molecule has 7 heteroatoms. The molecule has 5 rings (SSSR count). The summed E-state index contributed by atoms with van der Waals surface area (Å²) < 4.78 is 14.8. The molecular weight excluding hydrogens is 701 g/mol. The highest BCUT2D eigenvalue weighted by molar-refractivity contribution is 7.99. The van der Waals surface area contributed by atoms with Crippen LogP contribution in [0.1, 0.15) is 48.0 Å². The van der Waals surface area contributed by atoms with Crippen molar-refractivity contribution >= 4 is 49.1 Å². The van der Waals surface area contributed by atoms with E-state index >= 15 is 0 Å². The Morgan fingerprint density at radius 3 is 1.15 bits per heavy atom. The molecule has 53 heavy (non-hydrogen) atoms. The van der Waals surface area contributed by atoms with E-state index in [9.17, 15) is 0 Å². The maximum atomic E-state index is 7.38. The number of benzene rings is 5. The Hall–Kier alpha value is -3.28. The Bertz CT molecular complexity index is 1580. The molecule has 0 aromatic heterocycles. The molecule has 0 saturated carbocycles. The lowest BCUT2D eigenvalue weighted by molar-refractivity contribution is 0.166. The monoisotopic (exact) mass is 760 g/mol. The van der Waals surface area contributed by atoms with Gasteiger partial charge in [0.2, 0.25) is 0 Å². The van der Waals surface area contributed by atoms with Crippen LogP contribution in [0.3, 0.4) is 0 Å². The molecule has 1 atom stereocenters. The van der Waals surface area contributed by atoms with Crippen molar-refractivity contribution in [1.29, 1.82) is 0 Å². The fraction of sp³-hybridized carbons (Fsp3) is 0.348. The lowest BCUT2D eigenvalue weighted by Gasteiger charge is -2.44. The van der Waals surface area contributed by atoms with Gasteiger partial charge in [-0.15, -0.1) is 11.8 Å². The summed E-state index contributed by atoms with van der Waals surface area (Å²) in [7, 11) is -5.33. The highest BCUT2D eigenvalue weighted by Gasteiger charge is 2.51. The van der Waals surface area contributed by atoms with Gasteiger partial charge in [0, 0.05) is 43.0 Å². The fourth-order valence-electron chi connectivity index (χ4n) is 7.67. The normalized spacial score (nSPS) is 13.3. The molecule has 0 fully saturated rings. The van der Waals surface area contributed by atoms with Gasteiger partial charge >= 0.3 is 0 Å². The highest BCUT2D eigenvalue weighted by atomic mass is 32.2. The van der Waals surface area contributed by atoms with Gasteiger partial charge in [0.1, 0.15) is 0 Å². The first kappa shape index (κ1) is 40.9. The predicted octanol–water partition coefficient (Wildman–Crippen LogP) is 7.95. The standard InChI is InChI=1S/C46H60N2O2SSi2/c1-45(2,3)52(41-24-14-8-15-25-41,42-26-16-9-17-27-42)49-36-34-48(33-32-39(47)38-51-40-22-12-7-13-23-40)35-37-50-53(46(4,5)6,43-28-18-10-19-29-43)44-30-20-11-21-31-44/h7-31,39H,32-38,47H2,1-6H3. The summed E-state index contributed by atoms with van der Waals surface area (Å²) in [6, 6.07) is 54.4. The number of nitrogens with zero attached hydrogens (tertiary/aromatic N) is 1. The van der Waals surface area contributed by atoms with Crippen molar-refractivity contribution in [3.63, 3.8) is 0 Å². The summed E-state index contributed by atoms with van der Waals surface area (Å²) in [5.74, 6) is 0.884. The second-order valence-electron chi connectivity index (χ2n) is 16.0. The molecule has 5 aromatic rings. The minimum atomic E-state index is -2.66. The first-order valence-electron chi connectivity index (χ1n) is 19.1. The van der Waals surface area contributed by atoms with Crippen LogP contribution in [0.2, 0.25) is 10.1 Å². The molecule has 0 spiro atoms. The maximum Gasteiger partial charge on any atom is 0.261 e. The Morgan fingerprint density at radius 1 is 0.509 bits per heavy atom. The van der Waals surface area contributed by atoms with Gasteiger partial charge in [-0.25, -0.2) is 0 Å². The first-order chi connectivity index (χ1) is 25.5. The zero-order chi connectivity index (χ0) is 37.8. The van der Waals surface area contributed by atoms with E-state index in [-0.39, 0.29) is 16.1 Å². The van der Waals surface area contributed by atoms with Crippen LogP contribution in [0.5, 0.6) is 0 Å². The SMILES string of the molecule is CC(C)(C)[Si](OCCN(CCO[Si](c1ccccc1)(c1ccccc1)C(C)(C)C)CCC(N)CSc1ccccc1)(c1ccccc1)c1ccccc1. The van der Waals surface area contributed by atoms with E-state index < -0.39 is 16.6 Å². The van der Waals surface area contributed by atoms with Crippen molar-refractivity contribution in [2.75, 3.05) is 38.6 Å². The summed E-state index contributed by atoms with van der Waals surface area (Å²) in [6.45, 7) is 17.8. The summed E-state index contributed by atoms with van der Waals surface area (Å²) >= 11 is 1.84. The van der Waals surface area contributed by atoms with Gasteiger partial charge in [-0.1, -0.05) is 181 Å². The molecule has 1 unspecified atom stereocenters. The van der Waals surface area contributed by atoms with Crippen molar-refractivity contribution in [3.05, 3.63) is 152 Å². The van der Waals surface area contributed by atoms with Crippen molar-refractivity contribution < 1.29 is 8.85 Å².